The molecular weight excluding hydrogens is 198 g/mol. The van der Waals surface area contributed by atoms with Gasteiger partial charge in [0.1, 0.15) is 6.29 Å². The number of benzene rings is 1. The van der Waals surface area contributed by atoms with E-state index in [-0.39, 0.29) is 12.0 Å². The number of hydrogen-bond acceptors (Lipinski definition) is 2. The van der Waals surface area contributed by atoms with E-state index in [9.17, 15) is 4.79 Å². The minimum absolute atomic E-state index is 0.153. The third-order valence-corrected chi connectivity index (χ3v) is 3.65. The van der Waals surface area contributed by atoms with Gasteiger partial charge in [0.05, 0.1) is 6.04 Å². The van der Waals surface area contributed by atoms with Gasteiger partial charge < -0.3 is 9.69 Å². The summed E-state index contributed by atoms with van der Waals surface area (Å²) >= 11 is 0. The summed E-state index contributed by atoms with van der Waals surface area (Å²) in [5.41, 5.74) is 2.57. The largest absolute Gasteiger partial charge is 0.370 e. The van der Waals surface area contributed by atoms with Crippen LogP contribution in [0.1, 0.15) is 30.0 Å². The van der Waals surface area contributed by atoms with E-state index in [1.165, 1.54) is 11.1 Å². The minimum Gasteiger partial charge on any atom is -0.370 e. The lowest BCUT2D eigenvalue weighted by molar-refractivity contribution is -0.114. The molecule has 0 saturated carbocycles. The molecule has 0 N–H and O–H groups in total. The van der Waals surface area contributed by atoms with Crippen molar-refractivity contribution in [2.45, 2.75) is 18.9 Å². The van der Waals surface area contributed by atoms with Crippen LogP contribution in [0.3, 0.4) is 0 Å². The van der Waals surface area contributed by atoms with Crippen molar-refractivity contribution in [3.05, 3.63) is 41.6 Å². The Balaban J connectivity index is 2.07. The molecule has 2 aliphatic heterocycles. The molecule has 2 aliphatic rings. The minimum atomic E-state index is 0.153. The summed E-state index contributed by atoms with van der Waals surface area (Å²) < 4.78 is 0. The van der Waals surface area contributed by atoms with Gasteiger partial charge in [0.2, 0.25) is 0 Å². The third-order valence-electron chi connectivity index (χ3n) is 3.65. The predicted octanol–water partition coefficient (Wildman–Crippen LogP) is 2.62. The molecule has 1 saturated heterocycles. The molecule has 16 heavy (non-hydrogen) atoms. The molecule has 2 unspecified atom stereocenters. The average molecular weight is 213 g/mol. The van der Waals surface area contributed by atoms with Crippen molar-refractivity contribution in [1.82, 2.24) is 4.90 Å². The van der Waals surface area contributed by atoms with E-state index in [1.54, 1.807) is 0 Å². The van der Waals surface area contributed by atoms with E-state index < -0.39 is 0 Å². The van der Waals surface area contributed by atoms with Crippen LogP contribution in [0, 0.1) is 5.92 Å². The van der Waals surface area contributed by atoms with E-state index in [1.807, 2.05) is 0 Å². The molecule has 1 fully saturated rings. The van der Waals surface area contributed by atoms with Crippen LogP contribution in [0.4, 0.5) is 0 Å². The van der Waals surface area contributed by atoms with E-state index in [4.69, 9.17) is 0 Å². The van der Waals surface area contributed by atoms with Crippen molar-refractivity contribution in [3.8, 4) is 0 Å². The SMILES string of the molecule is O=CC1CCCN2C=Cc3ccccc3C12. The second-order valence-corrected chi connectivity index (χ2v) is 4.57. The topological polar surface area (TPSA) is 20.3 Å². The number of nitrogens with zero attached hydrogens (tertiary/aromatic N) is 1. The lowest BCUT2D eigenvalue weighted by Gasteiger charge is -2.41. The first-order chi connectivity index (χ1) is 7.90. The first-order valence-corrected chi connectivity index (χ1v) is 5.88. The van der Waals surface area contributed by atoms with E-state index in [0.29, 0.717) is 0 Å². The van der Waals surface area contributed by atoms with Gasteiger partial charge in [0, 0.05) is 18.7 Å². The summed E-state index contributed by atoms with van der Waals surface area (Å²) in [5, 5.41) is 0. The van der Waals surface area contributed by atoms with E-state index >= 15 is 0 Å². The number of rotatable bonds is 1. The van der Waals surface area contributed by atoms with Gasteiger partial charge in [-0.15, -0.1) is 0 Å². The van der Waals surface area contributed by atoms with Crippen LogP contribution in [0.25, 0.3) is 6.08 Å². The summed E-state index contributed by atoms with van der Waals surface area (Å²) in [5.74, 6) is 0.153. The highest BCUT2D eigenvalue weighted by Gasteiger charge is 2.33. The molecular formula is C14H15NO. The molecule has 1 aromatic rings. The molecule has 0 bridgehead atoms. The monoisotopic (exact) mass is 213 g/mol. The number of carbonyl (C=O) groups excluding carboxylic acids is 1. The van der Waals surface area contributed by atoms with Gasteiger partial charge in [-0.2, -0.15) is 0 Å². The van der Waals surface area contributed by atoms with Gasteiger partial charge in [0.15, 0.2) is 0 Å². The Morgan fingerprint density at radius 3 is 3.06 bits per heavy atom. The fourth-order valence-corrected chi connectivity index (χ4v) is 2.88. The second-order valence-electron chi connectivity index (χ2n) is 4.57. The summed E-state index contributed by atoms with van der Waals surface area (Å²) in [7, 11) is 0. The molecule has 3 rings (SSSR count). The fraction of sp³-hybridized carbons (Fsp3) is 0.357. The van der Waals surface area contributed by atoms with Crippen molar-refractivity contribution >= 4 is 12.4 Å². The van der Waals surface area contributed by atoms with Crippen LogP contribution in [-0.4, -0.2) is 17.7 Å². The van der Waals surface area contributed by atoms with Crippen LogP contribution < -0.4 is 0 Å². The second kappa shape index (κ2) is 3.78. The van der Waals surface area contributed by atoms with Gasteiger partial charge in [0.25, 0.3) is 0 Å². The van der Waals surface area contributed by atoms with Crippen molar-refractivity contribution in [2.75, 3.05) is 6.54 Å². The number of carbonyl (C=O) groups is 1. The maximum atomic E-state index is 11.2. The van der Waals surface area contributed by atoms with E-state index in [2.05, 4.69) is 41.4 Å². The van der Waals surface area contributed by atoms with Crippen LogP contribution in [0.5, 0.6) is 0 Å². The van der Waals surface area contributed by atoms with Crippen molar-refractivity contribution in [2.24, 2.45) is 5.92 Å². The molecule has 2 atom stereocenters. The molecule has 0 radical (unpaired) electrons. The molecule has 0 amide bonds. The lowest BCUT2D eigenvalue weighted by atomic mass is 9.82. The third kappa shape index (κ3) is 1.37. The number of fused-ring (bicyclic) bond motifs is 3. The van der Waals surface area contributed by atoms with Crippen molar-refractivity contribution in [3.63, 3.8) is 0 Å². The van der Waals surface area contributed by atoms with Gasteiger partial charge in [-0.1, -0.05) is 24.3 Å². The van der Waals surface area contributed by atoms with Gasteiger partial charge in [-0.05, 0) is 30.0 Å². The Hall–Kier alpha value is -1.57. The van der Waals surface area contributed by atoms with Crippen molar-refractivity contribution < 1.29 is 4.79 Å². The fourth-order valence-electron chi connectivity index (χ4n) is 2.88. The summed E-state index contributed by atoms with van der Waals surface area (Å²) in [6.45, 7) is 1.07. The highest BCUT2D eigenvalue weighted by atomic mass is 16.1. The molecule has 0 aromatic heterocycles. The molecule has 82 valence electrons. The molecule has 0 spiro atoms. The van der Waals surface area contributed by atoms with Crippen LogP contribution in [0.15, 0.2) is 30.5 Å². The van der Waals surface area contributed by atoms with Gasteiger partial charge in [-0.25, -0.2) is 0 Å². The highest BCUT2D eigenvalue weighted by molar-refractivity contribution is 5.62. The molecule has 0 aliphatic carbocycles. The quantitative estimate of drug-likeness (QED) is 0.668. The standard InChI is InChI=1S/C14H15NO/c16-10-12-5-3-8-15-9-7-11-4-1-2-6-13(11)14(12)15/h1-2,4,6-7,9-10,12,14H,3,5,8H2. The molecule has 1 aromatic carbocycles. The smallest absolute Gasteiger partial charge is 0.125 e. The number of hydrogen-bond donors (Lipinski definition) is 0. The lowest BCUT2D eigenvalue weighted by Crippen LogP contribution is -2.37. The van der Waals surface area contributed by atoms with Crippen LogP contribution in [0.2, 0.25) is 0 Å². The Kier molecular flexibility index (Phi) is 2.28. The van der Waals surface area contributed by atoms with E-state index in [0.717, 1.165) is 25.7 Å². The Morgan fingerprint density at radius 2 is 2.19 bits per heavy atom. The van der Waals surface area contributed by atoms with Crippen molar-refractivity contribution in [1.29, 1.82) is 0 Å². The van der Waals surface area contributed by atoms with Crippen LogP contribution >= 0.6 is 0 Å². The number of piperidine rings is 1. The first-order valence-electron chi connectivity index (χ1n) is 5.88. The Bertz CT molecular complexity index is 438. The van der Waals surface area contributed by atoms with Crippen LogP contribution in [-0.2, 0) is 4.79 Å². The normalized spacial score (nSPS) is 27.1. The Morgan fingerprint density at radius 1 is 1.31 bits per heavy atom. The Labute approximate surface area is 95.6 Å². The number of aldehydes is 1. The maximum absolute atomic E-state index is 11.2. The maximum Gasteiger partial charge on any atom is 0.125 e. The molecule has 2 nitrogen and oxygen atoms in total. The zero-order valence-corrected chi connectivity index (χ0v) is 9.17. The molecule has 2 heterocycles. The predicted molar refractivity (Wildman–Crippen MR) is 63.7 cm³/mol. The summed E-state index contributed by atoms with van der Waals surface area (Å²) in [4.78, 5) is 13.5. The van der Waals surface area contributed by atoms with Gasteiger partial charge in [-0.3, -0.25) is 0 Å². The highest BCUT2D eigenvalue weighted by Crippen LogP contribution is 2.39. The summed E-state index contributed by atoms with van der Waals surface area (Å²) in [6.07, 6.45) is 7.56. The summed E-state index contributed by atoms with van der Waals surface area (Å²) in [6, 6.07) is 8.66. The average Bonchev–Trinajstić information content (AvgIpc) is 2.37. The first kappa shape index (κ1) is 9.64. The molecule has 2 heteroatoms. The van der Waals surface area contributed by atoms with Gasteiger partial charge >= 0.3 is 0 Å². The zero-order valence-electron chi connectivity index (χ0n) is 9.17. The zero-order chi connectivity index (χ0) is 11.0.